The van der Waals surface area contributed by atoms with Gasteiger partial charge in [-0.15, -0.1) is 0 Å². The van der Waals surface area contributed by atoms with Crippen molar-refractivity contribution in [3.05, 3.63) is 35.9 Å². The van der Waals surface area contributed by atoms with E-state index in [-0.39, 0.29) is 17.9 Å². The van der Waals surface area contributed by atoms with Gasteiger partial charge in [0.1, 0.15) is 0 Å². The molecule has 5 heteroatoms. The van der Waals surface area contributed by atoms with Gasteiger partial charge >= 0.3 is 5.97 Å². The maximum Gasteiger partial charge on any atom is 0.311 e. The van der Waals surface area contributed by atoms with Gasteiger partial charge in [0.25, 0.3) is 0 Å². The molecule has 2 saturated heterocycles. The molecule has 23 heavy (non-hydrogen) atoms. The van der Waals surface area contributed by atoms with Crippen molar-refractivity contribution in [2.24, 2.45) is 11.3 Å². The second-order valence-electron chi connectivity index (χ2n) is 6.83. The van der Waals surface area contributed by atoms with Crippen LogP contribution in [0.5, 0.6) is 0 Å². The summed E-state index contributed by atoms with van der Waals surface area (Å²) in [5, 5.41) is 9.35. The molecule has 0 aliphatic carbocycles. The third kappa shape index (κ3) is 3.11. The fraction of sp³-hybridized carbons (Fsp3) is 0.556. The number of hydrogen-bond donors (Lipinski definition) is 1. The second kappa shape index (κ2) is 6.32. The molecular formula is C18H23NO4. The molecule has 2 aliphatic heterocycles. The van der Waals surface area contributed by atoms with Crippen LogP contribution >= 0.6 is 0 Å². The Hall–Kier alpha value is -1.88. The van der Waals surface area contributed by atoms with Gasteiger partial charge in [0.2, 0.25) is 5.91 Å². The van der Waals surface area contributed by atoms with Crippen molar-refractivity contribution in [2.45, 2.75) is 32.3 Å². The number of rotatable bonds is 3. The Kier molecular flexibility index (Phi) is 4.39. The summed E-state index contributed by atoms with van der Waals surface area (Å²) in [5.41, 5.74) is 0.193. The molecule has 0 bridgehead atoms. The van der Waals surface area contributed by atoms with E-state index in [0.29, 0.717) is 26.1 Å². The fourth-order valence-electron chi connectivity index (χ4n) is 3.56. The zero-order valence-electron chi connectivity index (χ0n) is 13.4. The van der Waals surface area contributed by atoms with Crippen molar-refractivity contribution < 1.29 is 19.4 Å². The van der Waals surface area contributed by atoms with E-state index < -0.39 is 11.4 Å². The predicted molar refractivity (Wildman–Crippen MR) is 84.8 cm³/mol. The third-order valence-corrected chi connectivity index (χ3v) is 5.07. The Morgan fingerprint density at radius 2 is 2.04 bits per heavy atom. The lowest BCUT2D eigenvalue weighted by Crippen LogP contribution is -2.41. The van der Waals surface area contributed by atoms with Crippen molar-refractivity contribution in [1.29, 1.82) is 0 Å². The zero-order chi connectivity index (χ0) is 16.4. The lowest BCUT2D eigenvalue weighted by atomic mass is 9.88. The van der Waals surface area contributed by atoms with Crippen LogP contribution in [0.1, 0.15) is 37.9 Å². The standard InChI is InChI=1S/C18H23NO4/c1-18(17(21)22)9-10-19(12-18)16(20)14-8-5-11-23-15(14)13-6-3-2-4-7-13/h2-4,6-7,14-15H,5,8-12H2,1H3,(H,21,22)/t14-,15-,18-/m0/s1. The summed E-state index contributed by atoms with van der Waals surface area (Å²) in [6.45, 7) is 3.18. The summed E-state index contributed by atoms with van der Waals surface area (Å²) in [4.78, 5) is 26.1. The van der Waals surface area contributed by atoms with E-state index >= 15 is 0 Å². The molecule has 2 fully saturated rings. The molecule has 2 heterocycles. The molecule has 2 aliphatic rings. The number of carboxylic acid groups (broad SMARTS) is 1. The van der Waals surface area contributed by atoms with E-state index in [4.69, 9.17) is 4.74 Å². The van der Waals surface area contributed by atoms with Crippen LogP contribution < -0.4 is 0 Å². The summed E-state index contributed by atoms with van der Waals surface area (Å²) < 4.78 is 5.89. The highest BCUT2D eigenvalue weighted by Crippen LogP contribution is 2.37. The van der Waals surface area contributed by atoms with Crippen LogP contribution in [-0.4, -0.2) is 41.6 Å². The highest BCUT2D eigenvalue weighted by Gasteiger charge is 2.45. The van der Waals surface area contributed by atoms with Gasteiger partial charge < -0.3 is 14.7 Å². The first-order valence-electron chi connectivity index (χ1n) is 8.20. The number of nitrogens with zero attached hydrogens (tertiary/aromatic N) is 1. The quantitative estimate of drug-likeness (QED) is 0.930. The topological polar surface area (TPSA) is 66.8 Å². The van der Waals surface area contributed by atoms with Crippen LogP contribution in [-0.2, 0) is 14.3 Å². The van der Waals surface area contributed by atoms with E-state index in [1.165, 1.54) is 0 Å². The Balaban J connectivity index is 1.76. The van der Waals surface area contributed by atoms with E-state index in [1.807, 2.05) is 30.3 Å². The summed E-state index contributed by atoms with van der Waals surface area (Å²) in [6.07, 6.45) is 1.94. The fourth-order valence-corrected chi connectivity index (χ4v) is 3.56. The first kappa shape index (κ1) is 16.0. The SMILES string of the molecule is C[C@]1(C(=O)O)CCN(C(=O)[C@H]2CCCO[C@H]2c2ccccc2)C1. The van der Waals surface area contributed by atoms with Gasteiger partial charge in [-0.1, -0.05) is 30.3 Å². The molecule has 0 unspecified atom stereocenters. The van der Waals surface area contributed by atoms with Gasteiger partial charge in [0.15, 0.2) is 0 Å². The van der Waals surface area contributed by atoms with E-state index in [1.54, 1.807) is 11.8 Å². The highest BCUT2D eigenvalue weighted by molar-refractivity contribution is 5.82. The molecule has 1 amide bonds. The minimum Gasteiger partial charge on any atom is -0.481 e. The molecule has 3 rings (SSSR count). The van der Waals surface area contributed by atoms with E-state index in [0.717, 1.165) is 18.4 Å². The lowest BCUT2D eigenvalue weighted by Gasteiger charge is -2.34. The number of likely N-dealkylation sites (tertiary alicyclic amines) is 1. The van der Waals surface area contributed by atoms with Crippen LogP contribution in [0, 0.1) is 11.3 Å². The normalized spacial score (nSPS) is 31.1. The molecule has 1 aromatic carbocycles. The average Bonchev–Trinajstić information content (AvgIpc) is 2.99. The molecule has 0 aromatic heterocycles. The molecule has 1 N–H and O–H groups in total. The van der Waals surface area contributed by atoms with Crippen molar-refractivity contribution in [3.63, 3.8) is 0 Å². The molecular weight excluding hydrogens is 294 g/mol. The summed E-state index contributed by atoms with van der Waals surface area (Å²) in [5.74, 6) is -1.02. The van der Waals surface area contributed by atoms with Gasteiger partial charge in [-0.3, -0.25) is 9.59 Å². The number of carboxylic acids is 1. The molecule has 1 aromatic rings. The molecule has 3 atom stereocenters. The average molecular weight is 317 g/mol. The summed E-state index contributed by atoms with van der Waals surface area (Å²) in [7, 11) is 0. The Labute approximate surface area is 136 Å². The van der Waals surface area contributed by atoms with Crippen LogP contribution in [0.2, 0.25) is 0 Å². The van der Waals surface area contributed by atoms with Crippen molar-refractivity contribution in [3.8, 4) is 0 Å². The van der Waals surface area contributed by atoms with Gasteiger partial charge in [-0.05, 0) is 31.7 Å². The first-order chi connectivity index (χ1) is 11.0. The Morgan fingerprint density at radius 1 is 1.30 bits per heavy atom. The Morgan fingerprint density at radius 3 is 2.70 bits per heavy atom. The number of carbonyl (C=O) groups is 2. The van der Waals surface area contributed by atoms with Crippen molar-refractivity contribution in [2.75, 3.05) is 19.7 Å². The summed E-state index contributed by atoms with van der Waals surface area (Å²) >= 11 is 0. The third-order valence-electron chi connectivity index (χ3n) is 5.07. The van der Waals surface area contributed by atoms with Gasteiger partial charge in [0.05, 0.1) is 17.4 Å². The summed E-state index contributed by atoms with van der Waals surface area (Å²) in [6, 6.07) is 9.82. The van der Waals surface area contributed by atoms with Gasteiger partial charge in [-0.25, -0.2) is 0 Å². The maximum atomic E-state index is 12.9. The predicted octanol–water partition coefficient (Wildman–Crippen LogP) is 2.48. The minimum atomic E-state index is -0.827. The minimum absolute atomic E-state index is 0.0310. The van der Waals surface area contributed by atoms with Crippen molar-refractivity contribution >= 4 is 11.9 Å². The molecule has 5 nitrogen and oxygen atoms in total. The largest absolute Gasteiger partial charge is 0.481 e. The van der Waals surface area contributed by atoms with E-state index in [2.05, 4.69) is 0 Å². The lowest BCUT2D eigenvalue weighted by molar-refractivity contribution is -0.149. The van der Waals surface area contributed by atoms with Crippen LogP contribution in [0.15, 0.2) is 30.3 Å². The molecule has 0 saturated carbocycles. The maximum absolute atomic E-state index is 12.9. The van der Waals surface area contributed by atoms with Crippen LogP contribution in [0.4, 0.5) is 0 Å². The van der Waals surface area contributed by atoms with Crippen molar-refractivity contribution in [1.82, 2.24) is 4.90 Å². The number of ether oxygens (including phenoxy) is 1. The number of carbonyl (C=O) groups excluding carboxylic acids is 1. The molecule has 124 valence electrons. The van der Waals surface area contributed by atoms with Crippen LogP contribution in [0.3, 0.4) is 0 Å². The second-order valence-corrected chi connectivity index (χ2v) is 6.83. The molecule has 0 radical (unpaired) electrons. The number of hydrogen-bond acceptors (Lipinski definition) is 3. The van der Waals surface area contributed by atoms with E-state index in [9.17, 15) is 14.7 Å². The van der Waals surface area contributed by atoms with Crippen LogP contribution in [0.25, 0.3) is 0 Å². The molecule has 0 spiro atoms. The number of amides is 1. The zero-order valence-corrected chi connectivity index (χ0v) is 13.4. The number of aliphatic carboxylic acids is 1. The smallest absolute Gasteiger partial charge is 0.311 e. The monoisotopic (exact) mass is 317 g/mol. The van der Waals surface area contributed by atoms with Gasteiger partial charge in [-0.2, -0.15) is 0 Å². The number of benzene rings is 1. The Bertz CT molecular complexity index is 588. The first-order valence-corrected chi connectivity index (χ1v) is 8.20. The van der Waals surface area contributed by atoms with Gasteiger partial charge in [0, 0.05) is 19.7 Å². The highest BCUT2D eigenvalue weighted by atomic mass is 16.5.